The summed E-state index contributed by atoms with van der Waals surface area (Å²) in [6.45, 7) is 0.476. The summed E-state index contributed by atoms with van der Waals surface area (Å²) in [7, 11) is 0. The second-order valence-corrected chi connectivity index (χ2v) is 5.31. The van der Waals surface area contributed by atoms with Gasteiger partial charge in [-0.25, -0.2) is 0 Å². The number of nitrogens with zero attached hydrogens (tertiary/aromatic N) is 2. The number of likely N-dealkylation sites (tertiary alicyclic amines) is 1. The predicted octanol–water partition coefficient (Wildman–Crippen LogP) is 2.38. The Labute approximate surface area is 125 Å². The second-order valence-electron chi connectivity index (χ2n) is 4.84. The normalized spacial score (nSPS) is 19.4. The molecule has 21 heavy (non-hydrogen) atoms. The summed E-state index contributed by atoms with van der Waals surface area (Å²) in [5, 5.41) is 0. The van der Waals surface area contributed by atoms with Crippen LogP contribution in [-0.2, 0) is 6.18 Å². The molecule has 1 fully saturated rings. The Morgan fingerprint density at radius 2 is 2.10 bits per heavy atom. The summed E-state index contributed by atoms with van der Waals surface area (Å²) in [4.78, 5) is 17.7. The number of nitrogens with two attached hydrogens (primary N) is 1. The van der Waals surface area contributed by atoms with E-state index in [9.17, 15) is 18.0 Å². The number of pyridine rings is 1. The van der Waals surface area contributed by atoms with Crippen molar-refractivity contribution in [2.45, 2.75) is 31.5 Å². The Kier molecular flexibility index (Phi) is 4.46. The van der Waals surface area contributed by atoms with Crippen molar-refractivity contribution in [2.75, 3.05) is 6.54 Å². The van der Waals surface area contributed by atoms with Gasteiger partial charge in [-0.1, -0.05) is 12.2 Å². The van der Waals surface area contributed by atoms with Crippen molar-refractivity contribution in [2.24, 2.45) is 5.73 Å². The number of thiocarbonyl (C=S) groups is 1. The van der Waals surface area contributed by atoms with Crippen molar-refractivity contribution in [1.29, 1.82) is 0 Å². The molecule has 0 saturated carbocycles. The lowest BCUT2D eigenvalue weighted by atomic mass is 10.0. The number of alkyl halides is 3. The third kappa shape index (κ3) is 3.49. The molecule has 1 amide bonds. The Balaban J connectivity index is 2.20. The molecule has 1 aromatic rings. The Morgan fingerprint density at radius 3 is 2.62 bits per heavy atom. The van der Waals surface area contributed by atoms with E-state index < -0.39 is 17.6 Å². The average molecular weight is 317 g/mol. The SMILES string of the molecule is NC(=S)C1CCCCN1C(=O)c1ccc(C(F)(F)F)cn1. The topological polar surface area (TPSA) is 59.2 Å². The van der Waals surface area contributed by atoms with Gasteiger partial charge in [-0.15, -0.1) is 0 Å². The predicted molar refractivity (Wildman–Crippen MR) is 74.7 cm³/mol. The van der Waals surface area contributed by atoms with E-state index in [2.05, 4.69) is 4.98 Å². The van der Waals surface area contributed by atoms with Crippen LogP contribution in [0.1, 0.15) is 35.3 Å². The molecule has 0 aromatic carbocycles. The number of hydrogen-bond acceptors (Lipinski definition) is 3. The molecule has 1 aliphatic rings. The number of rotatable bonds is 2. The van der Waals surface area contributed by atoms with Crippen LogP contribution in [0, 0.1) is 0 Å². The molecule has 0 aliphatic carbocycles. The van der Waals surface area contributed by atoms with E-state index in [1.807, 2.05) is 0 Å². The summed E-state index contributed by atoms with van der Waals surface area (Å²) in [5.74, 6) is -0.443. The fourth-order valence-corrected chi connectivity index (χ4v) is 2.55. The minimum absolute atomic E-state index is 0.0360. The molecule has 1 atom stereocenters. The fourth-order valence-electron chi connectivity index (χ4n) is 2.31. The number of piperidine rings is 1. The third-order valence-corrected chi connectivity index (χ3v) is 3.67. The van der Waals surface area contributed by atoms with Gasteiger partial charge < -0.3 is 10.6 Å². The van der Waals surface area contributed by atoms with Crippen LogP contribution in [0.25, 0.3) is 0 Å². The van der Waals surface area contributed by atoms with Gasteiger partial charge in [0, 0.05) is 12.7 Å². The molecule has 1 aromatic heterocycles. The molecular formula is C13H14F3N3OS. The summed E-state index contributed by atoms with van der Waals surface area (Å²) in [6.07, 6.45) is -1.42. The van der Waals surface area contributed by atoms with Crippen molar-refractivity contribution >= 4 is 23.1 Å². The smallest absolute Gasteiger partial charge is 0.392 e. The highest BCUT2D eigenvalue weighted by Crippen LogP contribution is 2.28. The molecule has 2 N–H and O–H groups in total. The summed E-state index contributed by atoms with van der Waals surface area (Å²) in [5.41, 5.74) is 4.70. The van der Waals surface area contributed by atoms with Crippen LogP contribution in [0.3, 0.4) is 0 Å². The number of amides is 1. The van der Waals surface area contributed by atoms with Crippen molar-refractivity contribution in [3.05, 3.63) is 29.6 Å². The number of carbonyl (C=O) groups excluding carboxylic acids is 1. The van der Waals surface area contributed by atoms with Crippen LogP contribution in [0.4, 0.5) is 13.2 Å². The monoisotopic (exact) mass is 317 g/mol. The second kappa shape index (κ2) is 5.97. The molecule has 0 spiro atoms. The van der Waals surface area contributed by atoms with Crippen LogP contribution >= 0.6 is 12.2 Å². The van der Waals surface area contributed by atoms with Gasteiger partial charge in [-0.2, -0.15) is 13.2 Å². The maximum Gasteiger partial charge on any atom is 0.417 e. The lowest BCUT2D eigenvalue weighted by molar-refractivity contribution is -0.137. The zero-order valence-electron chi connectivity index (χ0n) is 11.1. The summed E-state index contributed by atoms with van der Waals surface area (Å²) in [6, 6.07) is 1.57. The van der Waals surface area contributed by atoms with E-state index >= 15 is 0 Å². The van der Waals surface area contributed by atoms with Crippen molar-refractivity contribution in [3.63, 3.8) is 0 Å². The van der Waals surface area contributed by atoms with E-state index in [0.29, 0.717) is 19.2 Å². The van der Waals surface area contributed by atoms with Gasteiger partial charge in [0.25, 0.3) is 5.91 Å². The molecule has 1 aliphatic heterocycles. The summed E-state index contributed by atoms with van der Waals surface area (Å²) >= 11 is 4.95. The molecule has 1 unspecified atom stereocenters. The summed E-state index contributed by atoms with van der Waals surface area (Å²) < 4.78 is 37.4. The van der Waals surface area contributed by atoms with Crippen molar-refractivity contribution < 1.29 is 18.0 Å². The molecule has 2 rings (SSSR count). The van der Waals surface area contributed by atoms with E-state index in [1.54, 1.807) is 0 Å². The van der Waals surface area contributed by atoms with Crippen LogP contribution in [0.15, 0.2) is 18.3 Å². The lowest BCUT2D eigenvalue weighted by Gasteiger charge is -2.34. The van der Waals surface area contributed by atoms with E-state index in [0.717, 1.165) is 25.0 Å². The Morgan fingerprint density at radius 1 is 1.38 bits per heavy atom. The van der Waals surface area contributed by atoms with Crippen LogP contribution in [0.5, 0.6) is 0 Å². The van der Waals surface area contributed by atoms with Crippen LogP contribution in [0.2, 0.25) is 0 Å². The highest BCUT2D eigenvalue weighted by molar-refractivity contribution is 7.80. The molecular weight excluding hydrogens is 303 g/mol. The van der Waals surface area contributed by atoms with Gasteiger partial charge in [-0.3, -0.25) is 9.78 Å². The lowest BCUT2D eigenvalue weighted by Crippen LogP contribution is -2.50. The molecule has 4 nitrogen and oxygen atoms in total. The molecule has 2 heterocycles. The number of aromatic nitrogens is 1. The van der Waals surface area contributed by atoms with E-state index in [4.69, 9.17) is 18.0 Å². The van der Waals surface area contributed by atoms with Gasteiger partial charge >= 0.3 is 6.18 Å². The van der Waals surface area contributed by atoms with Gasteiger partial charge in [0.2, 0.25) is 0 Å². The maximum atomic E-state index is 12.5. The largest absolute Gasteiger partial charge is 0.417 e. The quantitative estimate of drug-likeness (QED) is 0.851. The average Bonchev–Trinajstić information content (AvgIpc) is 2.45. The van der Waals surface area contributed by atoms with Crippen LogP contribution < -0.4 is 5.73 Å². The minimum atomic E-state index is -4.47. The van der Waals surface area contributed by atoms with E-state index in [-0.39, 0.29) is 16.7 Å². The van der Waals surface area contributed by atoms with Gasteiger partial charge in [0.1, 0.15) is 5.69 Å². The van der Waals surface area contributed by atoms with E-state index in [1.165, 1.54) is 4.90 Å². The van der Waals surface area contributed by atoms with Gasteiger partial charge in [-0.05, 0) is 31.4 Å². The first kappa shape index (κ1) is 15.7. The van der Waals surface area contributed by atoms with Gasteiger partial charge in [0.05, 0.1) is 16.6 Å². The van der Waals surface area contributed by atoms with Crippen molar-refractivity contribution in [3.8, 4) is 0 Å². The highest BCUT2D eigenvalue weighted by Gasteiger charge is 2.33. The maximum absolute atomic E-state index is 12.5. The highest BCUT2D eigenvalue weighted by atomic mass is 32.1. The standard InChI is InChI=1S/C13H14F3N3OS/c14-13(15,16)8-4-5-9(18-7-8)12(20)19-6-2-1-3-10(19)11(17)21/h4-5,7,10H,1-3,6H2,(H2,17,21). The number of carbonyl (C=O) groups is 1. The zero-order chi connectivity index (χ0) is 15.6. The Hall–Kier alpha value is -1.70. The number of halogens is 3. The number of hydrogen-bond donors (Lipinski definition) is 1. The molecule has 0 radical (unpaired) electrons. The first-order chi connectivity index (χ1) is 9.80. The van der Waals surface area contributed by atoms with Crippen molar-refractivity contribution in [1.82, 2.24) is 9.88 Å². The van der Waals surface area contributed by atoms with Gasteiger partial charge in [0.15, 0.2) is 0 Å². The molecule has 0 bridgehead atoms. The first-order valence-corrected chi connectivity index (χ1v) is 6.85. The first-order valence-electron chi connectivity index (χ1n) is 6.44. The minimum Gasteiger partial charge on any atom is -0.392 e. The van der Waals surface area contributed by atoms with Crippen LogP contribution in [-0.4, -0.2) is 33.4 Å². The third-order valence-electron chi connectivity index (χ3n) is 3.40. The molecule has 114 valence electrons. The zero-order valence-corrected chi connectivity index (χ0v) is 11.9. The Bertz CT molecular complexity index is 545. The molecule has 1 saturated heterocycles. The molecule has 8 heteroatoms. The fraction of sp³-hybridized carbons (Fsp3) is 0.462.